The Morgan fingerprint density at radius 3 is 2.47 bits per heavy atom. The Labute approximate surface area is 209 Å². The van der Waals surface area contributed by atoms with Gasteiger partial charge in [-0.1, -0.05) is 61.9 Å². The van der Waals surface area contributed by atoms with Crippen LogP contribution in [-0.2, 0) is 31.0 Å². The predicted molar refractivity (Wildman–Crippen MR) is 133 cm³/mol. The molecule has 3 aromatic rings. The van der Waals surface area contributed by atoms with Crippen LogP contribution in [0.2, 0.25) is 0 Å². The lowest BCUT2D eigenvalue weighted by Gasteiger charge is -2.17. The number of ether oxygens (including phenoxy) is 1. The van der Waals surface area contributed by atoms with Gasteiger partial charge in [-0.15, -0.1) is 0 Å². The van der Waals surface area contributed by atoms with E-state index in [0.29, 0.717) is 23.7 Å². The van der Waals surface area contributed by atoms with E-state index in [4.69, 9.17) is 4.74 Å². The number of sulfonamides is 1. The summed E-state index contributed by atoms with van der Waals surface area (Å²) in [4.78, 5) is 41.0. The van der Waals surface area contributed by atoms with Crippen LogP contribution in [0.4, 0.5) is 4.79 Å². The number of ketones is 1. The van der Waals surface area contributed by atoms with Gasteiger partial charge in [0, 0.05) is 11.6 Å². The second kappa shape index (κ2) is 12.8. The number of nitrogens with one attached hydrogen (secondary N) is 3. The van der Waals surface area contributed by atoms with E-state index in [2.05, 4.69) is 20.3 Å². The van der Waals surface area contributed by atoms with Crippen molar-refractivity contribution in [2.75, 3.05) is 13.1 Å². The number of amides is 2. The van der Waals surface area contributed by atoms with Gasteiger partial charge in [0.1, 0.15) is 17.5 Å². The summed E-state index contributed by atoms with van der Waals surface area (Å²) in [6, 6.07) is 16.4. The van der Waals surface area contributed by atoms with E-state index < -0.39 is 46.9 Å². The number of para-hydroxylation sites is 1. The van der Waals surface area contributed by atoms with Crippen molar-refractivity contribution >= 4 is 38.7 Å². The lowest BCUT2D eigenvalue weighted by molar-refractivity contribution is -0.126. The maximum Gasteiger partial charge on any atom is 0.408 e. The summed E-state index contributed by atoms with van der Waals surface area (Å²) in [5.41, 5.74) is 1.09. The molecule has 0 fully saturated rings. The predicted octanol–water partition coefficient (Wildman–Crippen LogP) is 2.29. The second-order valence-corrected chi connectivity index (χ2v) is 9.70. The minimum absolute atomic E-state index is 0.0429. The van der Waals surface area contributed by atoms with Gasteiger partial charge in [-0.2, -0.15) is 0 Å². The summed E-state index contributed by atoms with van der Waals surface area (Å²) < 4.78 is 32.8. The van der Waals surface area contributed by atoms with Crippen molar-refractivity contribution in [3.8, 4) is 0 Å². The Morgan fingerprint density at radius 2 is 1.72 bits per heavy atom. The number of aromatic nitrogens is 1. The Kier molecular flexibility index (Phi) is 9.48. The number of benzene rings is 2. The Balaban J connectivity index is 1.49. The fraction of sp³-hybridized carbons (Fsp3) is 0.280. The highest BCUT2D eigenvalue weighted by molar-refractivity contribution is 7.89. The van der Waals surface area contributed by atoms with Gasteiger partial charge >= 0.3 is 6.09 Å². The number of alkyl carbamates (subject to hydrolysis) is 1. The Morgan fingerprint density at radius 1 is 0.972 bits per heavy atom. The first-order valence-corrected chi connectivity index (χ1v) is 12.9. The van der Waals surface area contributed by atoms with Crippen LogP contribution < -0.4 is 15.4 Å². The van der Waals surface area contributed by atoms with E-state index in [1.165, 1.54) is 12.3 Å². The minimum atomic E-state index is -4.01. The van der Waals surface area contributed by atoms with Crippen LogP contribution in [-0.4, -0.2) is 50.3 Å². The van der Waals surface area contributed by atoms with Gasteiger partial charge in [0.2, 0.25) is 15.9 Å². The molecule has 1 heterocycles. The van der Waals surface area contributed by atoms with Crippen LogP contribution in [0.1, 0.15) is 25.3 Å². The van der Waals surface area contributed by atoms with E-state index in [0.717, 1.165) is 5.56 Å². The third kappa shape index (κ3) is 7.59. The first-order valence-electron chi connectivity index (χ1n) is 11.4. The van der Waals surface area contributed by atoms with E-state index in [1.807, 2.05) is 25.1 Å². The van der Waals surface area contributed by atoms with Gasteiger partial charge in [-0.3, -0.25) is 14.6 Å². The molecule has 36 heavy (non-hydrogen) atoms. The molecule has 0 saturated carbocycles. The van der Waals surface area contributed by atoms with Crippen LogP contribution in [0.25, 0.3) is 10.9 Å². The molecule has 3 rings (SSSR count). The topological polar surface area (TPSA) is 144 Å². The van der Waals surface area contributed by atoms with Gasteiger partial charge < -0.3 is 15.4 Å². The number of hydrogen-bond acceptors (Lipinski definition) is 7. The average molecular weight is 513 g/mol. The van der Waals surface area contributed by atoms with Gasteiger partial charge in [-0.05, 0) is 24.1 Å². The van der Waals surface area contributed by atoms with Gasteiger partial charge in [0.05, 0.1) is 18.6 Å². The molecule has 2 amide bonds. The van der Waals surface area contributed by atoms with Crippen molar-refractivity contribution in [3.05, 3.63) is 72.4 Å². The third-order valence-electron chi connectivity index (χ3n) is 5.20. The highest BCUT2D eigenvalue weighted by Gasteiger charge is 2.22. The van der Waals surface area contributed by atoms with Gasteiger partial charge in [-0.25, -0.2) is 17.9 Å². The molecular weight excluding hydrogens is 484 g/mol. The summed E-state index contributed by atoms with van der Waals surface area (Å²) in [5, 5.41) is 5.60. The molecule has 0 aliphatic heterocycles. The fourth-order valence-corrected chi connectivity index (χ4v) is 4.57. The average Bonchev–Trinajstić information content (AvgIpc) is 2.89. The molecule has 0 spiro atoms. The molecule has 1 aromatic heterocycles. The summed E-state index contributed by atoms with van der Waals surface area (Å²) in [7, 11) is -4.01. The first kappa shape index (κ1) is 26.8. The van der Waals surface area contributed by atoms with Crippen molar-refractivity contribution in [1.29, 1.82) is 0 Å². The molecular formula is C25H28N4O6S. The van der Waals surface area contributed by atoms with Crippen molar-refractivity contribution < 1.29 is 27.5 Å². The number of nitrogens with zero attached hydrogens (tertiary/aromatic N) is 1. The lowest BCUT2D eigenvalue weighted by Crippen LogP contribution is -2.48. The van der Waals surface area contributed by atoms with E-state index >= 15 is 0 Å². The zero-order chi connectivity index (χ0) is 26.0. The van der Waals surface area contributed by atoms with E-state index in [1.54, 1.807) is 36.4 Å². The maximum atomic E-state index is 12.7. The number of carbonyl (C=O) groups excluding carboxylic acids is 3. The van der Waals surface area contributed by atoms with Crippen LogP contribution in [0.3, 0.4) is 0 Å². The smallest absolute Gasteiger partial charge is 0.408 e. The van der Waals surface area contributed by atoms with Crippen LogP contribution in [0, 0.1) is 0 Å². The summed E-state index contributed by atoms with van der Waals surface area (Å²) >= 11 is 0. The molecule has 0 unspecified atom stereocenters. The molecule has 1 atom stereocenters. The quantitative estimate of drug-likeness (QED) is 0.338. The standard InChI is InChI=1S/C25H28N4O6S/c1-2-8-21(29-25(32)35-17-18-9-4-3-5-10-18)24(31)27-15-20(30)16-28-36(33,34)22-13-6-11-19-12-7-14-26-23(19)22/h3-7,9-14,21,28H,2,8,15-17H2,1H3,(H,27,31)(H,29,32)/t21-/m0/s1. The number of pyridine rings is 1. The van der Waals surface area contributed by atoms with Crippen LogP contribution in [0.15, 0.2) is 71.8 Å². The molecule has 0 bridgehead atoms. The number of rotatable bonds is 12. The Hall–Kier alpha value is -3.83. The molecule has 10 nitrogen and oxygen atoms in total. The largest absolute Gasteiger partial charge is 0.445 e. The minimum Gasteiger partial charge on any atom is -0.445 e. The summed E-state index contributed by atoms with van der Waals surface area (Å²) in [6.07, 6.45) is 1.67. The third-order valence-corrected chi connectivity index (χ3v) is 6.64. The highest BCUT2D eigenvalue weighted by Crippen LogP contribution is 2.20. The van der Waals surface area contributed by atoms with Crippen molar-refractivity contribution in [1.82, 2.24) is 20.3 Å². The maximum absolute atomic E-state index is 12.7. The number of carbonyl (C=O) groups is 3. The first-order chi connectivity index (χ1) is 17.3. The molecule has 0 saturated heterocycles. The molecule has 0 aliphatic rings. The van der Waals surface area contributed by atoms with Crippen LogP contribution in [0.5, 0.6) is 0 Å². The molecule has 190 valence electrons. The highest BCUT2D eigenvalue weighted by atomic mass is 32.2. The summed E-state index contributed by atoms with van der Waals surface area (Å²) in [6.45, 7) is 0.976. The summed E-state index contributed by atoms with van der Waals surface area (Å²) in [5.74, 6) is -1.12. The molecule has 0 aliphatic carbocycles. The molecule has 11 heteroatoms. The SMILES string of the molecule is CCC[C@H](NC(=O)OCc1ccccc1)C(=O)NCC(=O)CNS(=O)(=O)c1cccc2cccnc12. The zero-order valence-corrected chi connectivity index (χ0v) is 20.6. The van der Waals surface area contributed by atoms with Gasteiger partial charge in [0.15, 0.2) is 5.78 Å². The van der Waals surface area contributed by atoms with Crippen LogP contribution >= 0.6 is 0 Å². The number of Topliss-reactive ketones (excluding diaryl/α,β-unsaturated/α-hetero) is 1. The molecule has 0 radical (unpaired) electrons. The lowest BCUT2D eigenvalue weighted by atomic mass is 10.1. The molecule has 3 N–H and O–H groups in total. The molecule has 2 aromatic carbocycles. The normalized spacial score (nSPS) is 12.0. The van der Waals surface area contributed by atoms with Crippen molar-refractivity contribution in [3.63, 3.8) is 0 Å². The van der Waals surface area contributed by atoms with Gasteiger partial charge in [0.25, 0.3) is 0 Å². The van der Waals surface area contributed by atoms with E-state index in [-0.39, 0.29) is 11.5 Å². The second-order valence-electron chi connectivity index (χ2n) is 7.96. The Bertz CT molecular complexity index is 1310. The van der Waals surface area contributed by atoms with Crippen molar-refractivity contribution in [2.45, 2.75) is 37.3 Å². The van der Waals surface area contributed by atoms with E-state index in [9.17, 15) is 22.8 Å². The number of hydrogen-bond donors (Lipinski definition) is 3. The number of fused-ring (bicyclic) bond motifs is 1. The fourth-order valence-electron chi connectivity index (χ4n) is 3.38. The monoisotopic (exact) mass is 512 g/mol. The zero-order valence-electron chi connectivity index (χ0n) is 19.8. The van der Waals surface area contributed by atoms with Crippen molar-refractivity contribution in [2.24, 2.45) is 0 Å².